The number of rotatable bonds is 5. The molecular formula is C13H13ClO5. The number of hydrogen-bond acceptors (Lipinski definition) is 5. The Kier molecular flexibility index (Phi) is 5.38. The van der Waals surface area contributed by atoms with Crippen LogP contribution in [0.2, 0.25) is 5.02 Å². The van der Waals surface area contributed by atoms with Crippen LogP contribution in [0.15, 0.2) is 24.3 Å². The van der Waals surface area contributed by atoms with E-state index in [1.54, 1.807) is 19.1 Å². The summed E-state index contributed by atoms with van der Waals surface area (Å²) in [5.74, 6) is -2.09. The Morgan fingerprint density at radius 3 is 2.68 bits per heavy atom. The van der Waals surface area contributed by atoms with E-state index in [1.165, 1.54) is 6.07 Å². The Hall–Kier alpha value is -2.01. The summed E-state index contributed by atoms with van der Waals surface area (Å²) in [6.07, 6.45) is 0.764. The summed E-state index contributed by atoms with van der Waals surface area (Å²) >= 11 is 5.82. The third-order valence-electron chi connectivity index (χ3n) is 2.17. The average Bonchev–Trinajstić information content (AvgIpc) is 2.39. The van der Waals surface area contributed by atoms with Gasteiger partial charge in [0.15, 0.2) is 0 Å². The molecule has 0 spiro atoms. The number of ether oxygens (including phenoxy) is 2. The lowest BCUT2D eigenvalue weighted by molar-refractivity contribution is -0.149. The molecule has 1 aromatic carbocycles. The molecule has 0 aliphatic heterocycles. The molecule has 1 rings (SSSR count). The van der Waals surface area contributed by atoms with Crippen LogP contribution in [0.25, 0.3) is 5.76 Å². The van der Waals surface area contributed by atoms with E-state index in [-0.39, 0.29) is 5.56 Å². The van der Waals surface area contributed by atoms with Crippen molar-refractivity contribution in [1.29, 1.82) is 0 Å². The third kappa shape index (κ3) is 3.99. The molecule has 0 atom stereocenters. The van der Waals surface area contributed by atoms with Crippen LogP contribution >= 0.6 is 11.6 Å². The van der Waals surface area contributed by atoms with E-state index in [0.29, 0.717) is 17.4 Å². The van der Waals surface area contributed by atoms with Crippen molar-refractivity contribution in [3.8, 4) is 5.75 Å². The molecule has 1 aromatic rings. The second kappa shape index (κ2) is 6.80. The summed E-state index contributed by atoms with van der Waals surface area (Å²) in [5, 5.41) is 10.2. The number of carbonyl (C=O) groups is 2. The highest BCUT2D eigenvalue weighted by molar-refractivity contribution is 6.39. The molecule has 0 aromatic heterocycles. The zero-order chi connectivity index (χ0) is 14.4. The Bertz CT molecular complexity index is 522. The summed E-state index contributed by atoms with van der Waals surface area (Å²) in [4.78, 5) is 22.3. The molecule has 0 aliphatic carbocycles. The molecule has 0 unspecified atom stereocenters. The lowest BCUT2D eigenvalue weighted by Crippen LogP contribution is -2.13. The first-order chi connectivity index (χ1) is 8.99. The molecule has 0 amide bonds. The van der Waals surface area contributed by atoms with Crippen molar-refractivity contribution >= 4 is 29.1 Å². The molecule has 6 heteroatoms. The van der Waals surface area contributed by atoms with Gasteiger partial charge in [0, 0.05) is 11.1 Å². The van der Waals surface area contributed by atoms with Crippen molar-refractivity contribution < 1.29 is 24.2 Å². The first-order valence-corrected chi connectivity index (χ1v) is 5.83. The van der Waals surface area contributed by atoms with E-state index >= 15 is 0 Å². The van der Waals surface area contributed by atoms with E-state index < -0.39 is 17.5 Å². The maximum atomic E-state index is 11.3. The van der Waals surface area contributed by atoms with Gasteiger partial charge in [0.05, 0.1) is 19.3 Å². The van der Waals surface area contributed by atoms with Crippen LogP contribution in [-0.2, 0) is 14.3 Å². The second-order valence-electron chi connectivity index (χ2n) is 3.46. The fraction of sp³-hybridized carbons (Fsp3) is 0.231. The Labute approximate surface area is 115 Å². The first kappa shape index (κ1) is 15.0. The van der Waals surface area contributed by atoms with Gasteiger partial charge in [-0.05, 0) is 25.1 Å². The van der Waals surface area contributed by atoms with Gasteiger partial charge < -0.3 is 14.6 Å². The smallest absolute Gasteiger partial charge is 0.378 e. The fourth-order valence-corrected chi connectivity index (χ4v) is 1.52. The number of benzene rings is 1. The second-order valence-corrected chi connectivity index (χ2v) is 3.90. The van der Waals surface area contributed by atoms with E-state index in [0.717, 1.165) is 13.2 Å². The van der Waals surface area contributed by atoms with Crippen LogP contribution in [0.4, 0.5) is 0 Å². The summed E-state index contributed by atoms with van der Waals surface area (Å²) in [7, 11) is 1.08. The zero-order valence-corrected chi connectivity index (χ0v) is 11.2. The molecule has 19 heavy (non-hydrogen) atoms. The number of hydrogen-bond donors (Lipinski definition) is 1. The number of ketones is 1. The third-order valence-corrected chi connectivity index (χ3v) is 2.41. The summed E-state index contributed by atoms with van der Waals surface area (Å²) in [6, 6.07) is 4.59. The highest BCUT2D eigenvalue weighted by Crippen LogP contribution is 2.28. The van der Waals surface area contributed by atoms with Crippen LogP contribution in [0.5, 0.6) is 5.75 Å². The van der Waals surface area contributed by atoms with Gasteiger partial charge in [-0.3, -0.25) is 4.79 Å². The van der Waals surface area contributed by atoms with Crippen LogP contribution in [0.1, 0.15) is 12.5 Å². The van der Waals surface area contributed by atoms with Gasteiger partial charge in [0.25, 0.3) is 5.78 Å². The molecule has 102 valence electrons. The van der Waals surface area contributed by atoms with Crippen LogP contribution in [-0.4, -0.2) is 30.6 Å². The first-order valence-electron chi connectivity index (χ1n) is 5.45. The number of methoxy groups -OCH3 is 1. The maximum absolute atomic E-state index is 11.3. The highest BCUT2D eigenvalue weighted by Gasteiger charge is 2.15. The minimum atomic E-state index is -1.06. The minimum absolute atomic E-state index is 0.228. The van der Waals surface area contributed by atoms with Crippen LogP contribution in [0, 0.1) is 0 Å². The quantitative estimate of drug-likeness (QED) is 0.389. The van der Waals surface area contributed by atoms with Gasteiger partial charge in [-0.2, -0.15) is 0 Å². The van der Waals surface area contributed by atoms with E-state index in [9.17, 15) is 14.7 Å². The van der Waals surface area contributed by atoms with Crippen molar-refractivity contribution in [2.45, 2.75) is 6.92 Å². The van der Waals surface area contributed by atoms with Gasteiger partial charge in [-0.15, -0.1) is 0 Å². The van der Waals surface area contributed by atoms with E-state index in [1.807, 2.05) is 0 Å². The topological polar surface area (TPSA) is 72.8 Å². The molecule has 0 fully saturated rings. The molecule has 5 nitrogen and oxygen atoms in total. The van der Waals surface area contributed by atoms with E-state index in [4.69, 9.17) is 16.3 Å². The highest BCUT2D eigenvalue weighted by atomic mass is 35.5. The predicted molar refractivity (Wildman–Crippen MR) is 70.2 cm³/mol. The Balaban J connectivity index is 3.13. The van der Waals surface area contributed by atoms with Gasteiger partial charge >= 0.3 is 5.97 Å². The monoisotopic (exact) mass is 284 g/mol. The summed E-state index contributed by atoms with van der Waals surface area (Å²) < 4.78 is 9.54. The van der Waals surface area contributed by atoms with Crippen molar-refractivity contribution in [3.05, 3.63) is 34.9 Å². The number of halogens is 1. The van der Waals surface area contributed by atoms with Crippen molar-refractivity contribution in [1.82, 2.24) is 0 Å². The standard InChI is InChI=1S/C13H13ClO5/c1-3-19-12-5-4-8(14)6-9(12)10(15)7-11(16)13(17)18-2/h4-7,15H,3H2,1-2H3. The van der Waals surface area contributed by atoms with Gasteiger partial charge in [0.2, 0.25) is 0 Å². The van der Waals surface area contributed by atoms with Gasteiger partial charge in [0.1, 0.15) is 11.5 Å². The summed E-state index contributed by atoms with van der Waals surface area (Å²) in [6.45, 7) is 2.16. The normalized spacial score (nSPS) is 11.0. The predicted octanol–water partition coefficient (Wildman–Crippen LogP) is 2.38. The molecule has 0 saturated heterocycles. The van der Waals surface area contributed by atoms with Gasteiger partial charge in [-0.1, -0.05) is 11.6 Å². The molecule has 0 heterocycles. The Morgan fingerprint density at radius 2 is 2.11 bits per heavy atom. The fourth-order valence-electron chi connectivity index (χ4n) is 1.35. The lowest BCUT2D eigenvalue weighted by atomic mass is 10.1. The zero-order valence-electron chi connectivity index (χ0n) is 10.5. The molecular weight excluding hydrogens is 272 g/mol. The number of aliphatic hydroxyl groups is 1. The Morgan fingerprint density at radius 1 is 1.42 bits per heavy atom. The SMILES string of the molecule is CCOc1ccc(Cl)cc1C(O)=CC(=O)C(=O)OC. The molecule has 0 bridgehead atoms. The maximum Gasteiger partial charge on any atom is 0.378 e. The van der Waals surface area contributed by atoms with Crippen molar-refractivity contribution in [2.24, 2.45) is 0 Å². The molecule has 0 radical (unpaired) electrons. The number of esters is 1. The van der Waals surface area contributed by atoms with Gasteiger partial charge in [-0.25, -0.2) is 4.79 Å². The van der Waals surface area contributed by atoms with Crippen LogP contribution < -0.4 is 4.74 Å². The molecule has 0 aliphatic rings. The number of aliphatic hydroxyl groups excluding tert-OH is 1. The van der Waals surface area contributed by atoms with E-state index in [2.05, 4.69) is 4.74 Å². The van der Waals surface area contributed by atoms with Crippen molar-refractivity contribution in [2.75, 3.05) is 13.7 Å². The number of carbonyl (C=O) groups excluding carboxylic acids is 2. The largest absolute Gasteiger partial charge is 0.507 e. The van der Waals surface area contributed by atoms with Crippen molar-refractivity contribution in [3.63, 3.8) is 0 Å². The molecule has 1 N–H and O–H groups in total. The average molecular weight is 285 g/mol. The molecule has 0 saturated carbocycles. The summed E-state index contributed by atoms with van der Waals surface area (Å²) in [5.41, 5.74) is 0.228. The lowest BCUT2D eigenvalue weighted by Gasteiger charge is -2.09. The van der Waals surface area contributed by atoms with Crippen LogP contribution in [0.3, 0.4) is 0 Å². The minimum Gasteiger partial charge on any atom is -0.507 e.